The van der Waals surface area contributed by atoms with Crippen LogP contribution in [0.1, 0.15) is 20.8 Å². The fraction of sp³-hybridized carbons (Fsp3) is 0.333. The predicted molar refractivity (Wildman–Crippen MR) is 81.5 cm³/mol. The number of fused-ring (bicyclic) bond motifs is 1. The minimum absolute atomic E-state index is 0.0725. The van der Waals surface area contributed by atoms with E-state index >= 15 is 0 Å². The second kappa shape index (κ2) is 6.13. The Morgan fingerprint density at radius 2 is 2.00 bits per heavy atom. The Morgan fingerprint density at radius 3 is 2.70 bits per heavy atom. The van der Waals surface area contributed by atoms with Crippen molar-refractivity contribution in [1.82, 2.24) is 5.32 Å². The van der Waals surface area contributed by atoms with E-state index in [4.69, 9.17) is 0 Å². The highest BCUT2D eigenvalue weighted by molar-refractivity contribution is 8.04. The number of benzene rings is 1. The molecule has 0 fully saturated rings. The van der Waals surface area contributed by atoms with Gasteiger partial charge in [0, 0.05) is 17.0 Å². The number of carbonyl (C=O) groups is 2. The molecule has 1 atom stereocenters. The molecule has 2 rings (SSSR count). The Bertz CT molecular complexity index is 567. The minimum atomic E-state index is -0.235. The summed E-state index contributed by atoms with van der Waals surface area (Å²) >= 11 is 1.32. The van der Waals surface area contributed by atoms with Crippen LogP contribution in [0.25, 0.3) is 0 Å². The topological polar surface area (TPSA) is 58.2 Å². The number of rotatable bonds is 3. The highest BCUT2D eigenvalue weighted by Gasteiger charge is 2.21. The number of hydrogen-bond acceptors (Lipinski definition) is 3. The number of anilines is 1. The molecule has 1 aromatic rings. The van der Waals surface area contributed by atoms with Gasteiger partial charge in [-0.3, -0.25) is 9.59 Å². The summed E-state index contributed by atoms with van der Waals surface area (Å²) in [7, 11) is 0. The molecule has 20 heavy (non-hydrogen) atoms. The van der Waals surface area contributed by atoms with Crippen LogP contribution in [-0.2, 0) is 9.59 Å². The lowest BCUT2D eigenvalue weighted by Gasteiger charge is -2.19. The molecule has 0 aromatic heterocycles. The van der Waals surface area contributed by atoms with Crippen molar-refractivity contribution < 1.29 is 9.59 Å². The van der Waals surface area contributed by atoms with E-state index in [2.05, 4.69) is 10.6 Å². The third-order valence-corrected chi connectivity index (χ3v) is 4.31. The predicted octanol–water partition coefficient (Wildman–Crippen LogP) is 2.78. The van der Waals surface area contributed by atoms with Crippen LogP contribution < -0.4 is 10.6 Å². The average Bonchev–Trinajstić information content (AvgIpc) is 2.39. The summed E-state index contributed by atoms with van der Waals surface area (Å²) in [6.07, 6.45) is 1.37. The van der Waals surface area contributed by atoms with Gasteiger partial charge in [0.1, 0.15) is 0 Å². The normalized spacial score (nSPS) is 17.6. The molecule has 0 radical (unpaired) electrons. The molecule has 1 aliphatic rings. The summed E-state index contributed by atoms with van der Waals surface area (Å²) in [5, 5.41) is 5.65. The quantitative estimate of drug-likeness (QED) is 0.842. The van der Waals surface area contributed by atoms with E-state index in [0.717, 1.165) is 10.6 Å². The molecule has 0 saturated carbocycles. The Morgan fingerprint density at radius 1 is 1.30 bits per heavy atom. The summed E-state index contributed by atoms with van der Waals surface area (Å²) in [5.74, 6) is -0.116. The van der Waals surface area contributed by atoms with Crippen LogP contribution in [-0.4, -0.2) is 17.9 Å². The number of nitrogens with one attached hydrogen (secondary N) is 2. The monoisotopic (exact) mass is 290 g/mol. The first-order chi connectivity index (χ1) is 9.47. The zero-order chi connectivity index (χ0) is 14.7. The molecule has 2 N–H and O–H groups in total. The summed E-state index contributed by atoms with van der Waals surface area (Å²) in [4.78, 5) is 25.2. The van der Waals surface area contributed by atoms with Gasteiger partial charge >= 0.3 is 0 Å². The third-order valence-electron chi connectivity index (χ3n) is 3.21. The van der Waals surface area contributed by atoms with Crippen LogP contribution in [0.15, 0.2) is 40.1 Å². The van der Waals surface area contributed by atoms with Gasteiger partial charge in [-0.1, -0.05) is 37.7 Å². The SMILES string of the molecule is CC(C)[C@@H](C)NC(=O)/C=C1/Sc2ccccc2NC1=O. The van der Waals surface area contributed by atoms with Gasteiger partial charge in [0.25, 0.3) is 5.91 Å². The van der Waals surface area contributed by atoms with Crippen molar-refractivity contribution in [1.29, 1.82) is 0 Å². The number of amides is 2. The maximum Gasteiger partial charge on any atom is 0.262 e. The van der Waals surface area contributed by atoms with Gasteiger partial charge in [-0.05, 0) is 25.0 Å². The van der Waals surface area contributed by atoms with E-state index in [1.165, 1.54) is 17.8 Å². The zero-order valence-corrected chi connectivity index (χ0v) is 12.6. The van der Waals surface area contributed by atoms with Crippen molar-refractivity contribution in [2.24, 2.45) is 5.92 Å². The second-order valence-electron chi connectivity index (χ2n) is 5.10. The molecule has 1 heterocycles. The Kier molecular flexibility index (Phi) is 4.49. The lowest BCUT2D eigenvalue weighted by Crippen LogP contribution is -2.35. The molecule has 0 unspecified atom stereocenters. The summed E-state index contributed by atoms with van der Waals surface area (Å²) in [6.45, 7) is 6.03. The maximum absolute atomic E-state index is 11.9. The molecule has 0 aliphatic carbocycles. The Labute approximate surface area is 123 Å². The second-order valence-corrected chi connectivity index (χ2v) is 6.19. The highest BCUT2D eigenvalue weighted by atomic mass is 32.2. The first-order valence-electron chi connectivity index (χ1n) is 6.58. The highest BCUT2D eigenvalue weighted by Crippen LogP contribution is 2.37. The molecule has 2 amide bonds. The van der Waals surface area contributed by atoms with Crippen LogP contribution in [0.2, 0.25) is 0 Å². The fourth-order valence-electron chi connectivity index (χ4n) is 1.65. The van der Waals surface area contributed by atoms with Crippen molar-refractivity contribution >= 4 is 29.3 Å². The van der Waals surface area contributed by atoms with E-state index in [-0.39, 0.29) is 17.9 Å². The third kappa shape index (κ3) is 3.42. The zero-order valence-electron chi connectivity index (χ0n) is 11.8. The van der Waals surface area contributed by atoms with Gasteiger partial charge in [-0.15, -0.1) is 0 Å². The van der Waals surface area contributed by atoms with Crippen molar-refractivity contribution in [2.45, 2.75) is 31.7 Å². The number of carbonyl (C=O) groups excluding carboxylic acids is 2. The van der Waals surface area contributed by atoms with Crippen molar-refractivity contribution in [2.75, 3.05) is 5.32 Å². The molecule has 5 heteroatoms. The van der Waals surface area contributed by atoms with E-state index in [9.17, 15) is 9.59 Å². The first-order valence-corrected chi connectivity index (χ1v) is 7.39. The summed E-state index contributed by atoms with van der Waals surface area (Å²) in [6, 6.07) is 7.61. The van der Waals surface area contributed by atoms with Gasteiger partial charge < -0.3 is 10.6 Å². The van der Waals surface area contributed by atoms with E-state index in [1.807, 2.05) is 45.0 Å². The smallest absolute Gasteiger partial charge is 0.262 e. The molecule has 1 aliphatic heterocycles. The van der Waals surface area contributed by atoms with E-state index in [0.29, 0.717) is 10.8 Å². The molecule has 1 aromatic carbocycles. The lowest BCUT2D eigenvalue weighted by molar-refractivity contribution is -0.118. The Balaban J connectivity index is 2.11. The van der Waals surface area contributed by atoms with Crippen LogP contribution in [0.4, 0.5) is 5.69 Å². The fourth-order valence-corrected chi connectivity index (χ4v) is 2.58. The van der Waals surface area contributed by atoms with Crippen LogP contribution in [0.3, 0.4) is 0 Å². The van der Waals surface area contributed by atoms with E-state index < -0.39 is 0 Å². The molecule has 0 spiro atoms. The molecule has 0 bridgehead atoms. The molecule has 0 saturated heterocycles. The van der Waals surface area contributed by atoms with Gasteiger partial charge in [0.05, 0.1) is 10.6 Å². The number of para-hydroxylation sites is 1. The first kappa shape index (κ1) is 14.7. The summed E-state index contributed by atoms with van der Waals surface area (Å²) < 4.78 is 0. The van der Waals surface area contributed by atoms with Gasteiger partial charge in [0.2, 0.25) is 5.91 Å². The number of thioether (sulfide) groups is 1. The van der Waals surface area contributed by atoms with Crippen molar-refractivity contribution in [3.05, 3.63) is 35.2 Å². The lowest BCUT2D eigenvalue weighted by atomic mass is 10.1. The van der Waals surface area contributed by atoms with Crippen molar-refractivity contribution in [3.8, 4) is 0 Å². The molecule has 4 nitrogen and oxygen atoms in total. The Hall–Kier alpha value is -1.75. The number of hydrogen-bond donors (Lipinski definition) is 2. The van der Waals surface area contributed by atoms with Crippen LogP contribution >= 0.6 is 11.8 Å². The largest absolute Gasteiger partial charge is 0.350 e. The summed E-state index contributed by atoms with van der Waals surface area (Å²) in [5.41, 5.74) is 0.788. The van der Waals surface area contributed by atoms with Gasteiger partial charge in [0.15, 0.2) is 0 Å². The standard InChI is InChI=1S/C15H18N2O2S/c1-9(2)10(3)16-14(18)8-13-15(19)17-11-6-4-5-7-12(11)20-13/h4-10H,1-3H3,(H,16,18)(H,17,19)/b13-8+/t10-/m1/s1. The maximum atomic E-state index is 11.9. The van der Waals surface area contributed by atoms with Crippen LogP contribution in [0.5, 0.6) is 0 Å². The molecule has 106 valence electrons. The average molecular weight is 290 g/mol. The van der Waals surface area contributed by atoms with Crippen molar-refractivity contribution in [3.63, 3.8) is 0 Å². The van der Waals surface area contributed by atoms with Crippen LogP contribution in [0, 0.1) is 5.92 Å². The van der Waals surface area contributed by atoms with E-state index in [1.54, 1.807) is 0 Å². The molecular formula is C15H18N2O2S. The minimum Gasteiger partial charge on any atom is -0.350 e. The molecular weight excluding hydrogens is 272 g/mol. The van der Waals surface area contributed by atoms with Gasteiger partial charge in [-0.25, -0.2) is 0 Å². The van der Waals surface area contributed by atoms with Gasteiger partial charge in [-0.2, -0.15) is 0 Å².